The van der Waals surface area contributed by atoms with Crippen molar-refractivity contribution < 1.29 is 24.2 Å². The number of H-pyrrole nitrogens is 1. The number of fused-ring (bicyclic) bond motifs is 4. The first-order valence-electron chi connectivity index (χ1n) is 11.1. The second kappa shape index (κ2) is 9.01. The third-order valence-electron chi connectivity index (χ3n) is 6.40. The summed E-state index contributed by atoms with van der Waals surface area (Å²) >= 11 is 0. The number of hydrogen-bond donors (Lipinski definition) is 3. The van der Waals surface area contributed by atoms with Gasteiger partial charge < -0.3 is 25.0 Å². The highest BCUT2D eigenvalue weighted by atomic mass is 16.5. The van der Waals surface area contributed by atoms with E-state index in [9.17, 15) is 19.5 Å². The number of aromatic nitrogens is 2. The quantitative estimate of drug-likeness (QED) is 0.520. The first-order chi connectivity index (χ1) is 16.5. The fourth-order valence-electron chi connectivity index (χ4n) is 4.78. The SMILES string of the molecule is O=C(O)CC(NC(=O)OCC1c2ccccc2-c2ccccc21)C(=O)N1CCc2nc[nH]c2C1. The largest absolute Gasteiger partial charge is 0.481 e. The minimum atomic E-state index is -1.22. The Kier molecular flexibility index (Phi) is 5.75. The van der Waals surface area contributed by atoms with E-state index in [4.69, 9.17) is 4.74 Å². The lowest BCUT2D eigenvalue weighted by molar-refractivity contribution is -0.143. The summed E-state index contributed by atoms with van der Waals surface area (Å²) in [5, 5.41) is 11.8. The minimum Gasteiger partial charge on any atom is -0.481 e. The highest BCUT2D eigenvalue weighted by Gasteiger charge is 2.33. The van der Waals surface area contributed by atoms with Gasteiger partial charge in [0.1, 0.15) is 12.6 Å². The molecule has 2 aliphatic rings. The fraction of sp³-hybridized carbons (Fsp3) is 0.280. The number of carboxylic acid groups (broad SMARTS) is 1. The van der Waals surface area contributed by atoms with Crippen molar-refractivity contribution in [3.8, 4) is 11.1 Å². The van der Waals surface area contributed by atoms with Gasteiger partial charge in [-0.1, -0.05) is 48.5 Å². The van der Waals surface area contributed by atoms with Crippen molar-refractivity contribution in [3.63, 3.8) is 0 Å². The van der Waals surface area contributed by atoms with Crippen molar-refractivity contribution in [1.82, 2.24) is 20.2 Å². The Morgan fingerprint density at radius 3 is 2.47 bits per heavy atom. The van der Waals surface area contributed by atoms with Crippen LogP contribution in [-0.2, 0) is 27.3 Å². The number of carboxylic acids is 1. The van der Waals surface area contributed by atoms with Gasteiger partial charge in [-0.05, 0) is 22.3 Å². The number of imidazole rings is 1. The van der Waals surface area contributed by atoms with Crippen LogP contribution in [0.3, 0.4) is 0 Å². The molecule has 174 valence electrons. The average molecular weight is 460 g/mol. The van der Waals surface area contributed by atoms with Crippen molar-refractivity contribution in [2.45, 2.75) is 31.3 Å². The molecular weight excluding hydrogens is 436 g/mol. The Balaban J connectivity index is 1.26. The molecule has 5 rings (SSSR count). The predicted octanol–water partition coefficient (Wildman–Crippen LogP) is 2.68. The molecule has 3 aromatic rings. The summed E-state index contributed by atoms with van der Waals surface area (Å²) in [5.41, 5.74) is 6.05. The summed E-state index contributed by atoms with van der Waals surface area (Å²) in [5.74, 6) is -1.78. The lowest BCUT2D eigenvalue weighted by Gasteiger charge is -2.29. The zero-order chi connectivity index (χ0) is 23.7. The number of aromatic amines is 1. The van der Waals surface area contributed by atoms with E-state index in [1.54, 1.807) is 6.33 Å². The Bertz CT molecular complexity index is 1210. The van der Waals surface area contributed by atoms with Crippen molar-refractivity contribution in [1.29, 1.82) is 0 Å². The van der Waals surface area contributed by atoms with Gasteiger partial charge in [0, 0.05) is 18.9 Å². The summed E-state index contributed by atoms with van der Waals surface area (Å²) in [6, 6.07) is 14.7. The number of alkyl carbamates (subject to hydrolysis) is 1. The molecule has 0 radical (unpaired) electrons. The molecule has 0 fully saturated rings. The zero-order valence-corrected chi connectivity index (χ0v) is 18.4. The molecule has 1 aliphatic heterocycles. The number of rotatable bonds is 6. The molecule has 2 heterocycles. The van der Waals surface area contributed by atoms with Crippen LogP contribution in [0.4, 0.5) is 4.79 Å². The molecule has 2 aromatic carbocycles. The van der Waals surface area contributed by atoms with Crippen LogP contribution in [0.15, 0.2) is 54.9 Å². The standard InChI is InChI=1S/C25H24N4O5/c30-23(31)11-21(24(32)29-10-9-20-22(12-29)27-14-26-20)28-25(33)34-13-19-17-7-3-1-5-15(17)16-6-2-4-8-18(16)19/h1-8,14,19,21H,9-13H2,(H,26,27)(H,28,33)(H,30,31). The maximum Gasteiger partial charge on any atom is 0.407 e. The van der Waals surface area contributed by atoms with E-state index in [0.29, 0.717) is 13.0 Å². The molecule has 2 amide bonds. The van der Waals surface area contributed by atoms with Crippen LogP contribution in [0, 0.1) is 0 Å². The monoisotopic (exact) mass is 460 g/mol. The van der Waals surface area contributed by atoms with E-state index in [2.05, 4.69) is 15.3 Å². The molecule has 1 unspecified atom stereocenters. The molecule has 1 aliphatic carbocycles. The molecule has 34 heavy (non-hydrogen) atoms. The Morgan fingerprint density at radius 2 is 1.79 bits per heavy atom. The van der Waals surface area contributed by atoms with Gasteiger partial charge in [-0.2, -0.15) is 0 Å². The maximum atomic E-state index is 13.0. The molecule has 1 atom stereocenters. The van der Waals surface area contributed by atoms with Gasteiger partial charge >= 0.3 is 12.1 Å². The van der Waals surface area contributed by atoms with Crippen molar-refractivity contribution in [2.75, 3.05) is 13.2 Å². The van der Waals surface area contributed by atoms with Crippen LogP contribution in [0.5, 0.6) is 0 Å². The van der Waals surface area contributed by atoms with E-state index in [1.165, 1.54) is 4.90 Å². The average Bonchev–Trinajstić information content (AvgIpc) is 3.43. The van der Waals surface area contributed by atoms with E-state index < -0.39 is 30.4 Å². The van der Waals surface area contributed by atoms with Crippen LogP contribution < -0.4 is 5.32 Å². The van der Waals surface area contributed by atoms with Crippen LogP contribution in [0.1, 0.15) is 34.9 Å². The summed E-state index contributed by atoms with van der Waals surface area (Å²) < 4.78 is 5.50. The summed E-state index contributed by atoms with van der Waals surface area (Å²) in [4.78, 5) is 45.8. The highest BCUT2D eigenvalue weighted by molar-refractivity contribution is 5.89. The van der Waals surface area contributed by atoms with Crippen LogP contribution in [0.25, 0.3) is 11.1 Å². The van der Waals surface area contributed by atoms with E-state index in [0.717, 1.165) is 33.6 Å². The first-order valence-corrected chi connectivity index (χ1v) is 11.1. The van der Waals surface area contributed by atoms with Crippen molar-refractivity contribution >= 4 is 18.0 Å². The van der Waals surface area contributed by atoms with Gasteiger partial charge in [-0.3, -0.25) is 9.59 Å². The van der Waals surface area contributed by atoms with Crippen LogP contribution in [-0.4, -0.2) is 57.1 Å². The van der Waals surface area contributed by atoms with Gasteiger partial charge in [0.25, 0.3) is 0 Å². The number of hydrogen-bond acceptors (Lipinski definition) is 5. The number of nitrogens with one attached hydrogen (secondary N) is 2. The first kappa shape index (κ1) is 21.7. The molecule has 0 saturated heterocycles. The molecule has 0 bridgehead atoms. The molecule has 0 saturated carbocycles. The van der Waals surface area contributed by atoms with Gasteiger partial charge in [0.2, 0.25) is 5.91 Å². The topological polar surface area (TPSA) is 125 Å². The maximum absolute atomic E-state index is 13.0. The molecular formula is C25H24N4O5. The number of nitrogens with zero attached hydrogens (tertiary/aromatic N) is 2. The van der Waals surface area contributed by atoms with E-state index in [-0.39, 0.29) is 19.1 Å². The van der Waals surface area contributed by atoms with E-state index in [1.807, 2.05) is 48.5 Å². The zero-order valence-electron chi connectivity index (χ0n) is 18.4. The number of amides is 2. The number of benzene rings is 2. The normalized spacial score (nSPS) is 15.1. The van der Waals surface area contributed by atoms with Crippen LogP contribution >= 0.6 is 0 Å². The summed E-state index contributed by atoms with van der Waals surface area (Å²) in [6.45, 7) is 0.769. The lowest BCUT2D eigenvalue weighted by Crippen LogP contribution is -2.51. The third kappa shape index (κ3) is 4.12. The second-order valence-corrected chi connectivity index (χ2v) is 8.46. The van der Waals surface area contributed by atoms with E-state index >= 15 is 0 Å². The smallest absolute Gasteiger partial charge is 0.407 e. The predicted molar refractivity (Wildman–Crippen MR) is 122 cm³/mol. The van der Waals surface area contributed by atoms with Gasteiger partial charge in [0.15, 0.2) is 0 Å². The van der Waals surface area contributed by atoms with Gasteiger partial charge in [-0.25, -0.2) is 9.78 Å². The summed E-state index contributed by atoms with van der Waals surface area (Å²) in [7, 11) is 0. The number of carbonyl (C=O) groups is 3. The lowest BCUT2D eigenvalue weighted by atomic mass is 9.98. The molecule has 3 N–H and O–H groups in total. The number of ether oxygens (including phenoxy) is 1. The number of aliphatic carboxylic acids is 1. The third-order valence-corrected chi connectivity index (χ3v) is 6.40. The Hall–Kier alpha value is -4.14. The highest BCUT2D eigenvalue weighted by Crippen LogP contribution is 2.44. The van der Waals surface area contributed by atoms with Gasteiger partial charge in [0.05, 0.1) is 30.7 Å². The second-order valence-electron chi connectivity index (χ2n) is 8.46. The molecule has 1 aromatic heterocycles. The fourth-order valence-corrected chi connectivity index (χ4v) is 4.78. The molecule has 0 spiro atoms. The van der Waals surface area contributed by atoms with Crippen molar-refractivity contribution in [3.05, 3.63) is 77.4 Å². The van der Waals surface area contributed by atoms with Crippen LogP contribution in [0.2, 0.25) is 0 Å². The minimum absolute atomic E-state index is 0.0784. The Morgan fingerprint density at radius 1 is 1.12 bits per heavy atom. The van der Waals surface area contributed by atoms with Crippen molar-refractivity contribution in [2.24, 2.45) is 0 Å². The molecule has 9 heteroatoms. The number of carbonyl (C=O) groups excluding carboxylic acids is 2. The Labute approximate surface area is 195 Å². The summed E-state index contributed by atoms with van der Waals surface area (Å²) in [6.07, 6.45) is 0.785. The molecule has 9 nitrogen and oxygen atoms in total. The van der Waals surface area contributed by atoms with Gasteiger partial charge in [-0.15, -0.1) is 0 Å².